The summed E-state index contributed by atoms with van der Waals surface area (Å²) in [4.78, 5) is 2.49. The zero-order valence-corrected chi connectivity index (χ0v) is 13.8. The van der Waals surface area contributed by atoms with Crippen LogP contribution in [0.25, 0.3) is 0 Å². The lowest BCUT2D eigenvalue weighted by molar-refractivity contribution is 0.0178. The SMILES string of the molecule is CCCS(=O)(=O)CCN1CC(C)NCC12CCCCC2. The van der Waals surface area contributed by atoms with Crippen molar-refractivity contribution < 1.29 is 8.42 Å². The van der Waals surface area contributed by atoms with E-state index >= 15 is 0 Å². The van der Waals surface area contributed by atoms with Crippen LogP contribution in [-0.4, -0.2) is 56.0 Å². The minimum absolute atomic E-state index is 0.229. The lowest BCUT2D eigenvalue weighted by Gasteiger charge is -2.51. The highest BCUT2D eigenvalue weighted by atomic mass is 32.2. The summed E-state index contributed by atoms with van der Waals surface area (Å²) in [5, 5.41) is 3.60. The molecule has 0 bridgehead atoms. The molecule has 1 heterocycles. The van der Waals surface area contributed by atoms with Crippen molar-refractivity contribution in [1.82, 2.24) is 10.2 Å². The van der Waals surface area contributed by atoms with Gasteiger partial charge in [0.15, 0.2) is 9.84 Å². The maximum absolute atomic E-state index is 12.0. The summed E-state index contributed by atoms with van der Waals surface area (Å²) in [5.41, 5.74) is 0.229. The van der Waals surface area contributed by atoms with Crippen LogP contribution in [-0.2, 0) is 9.84 Å². The second-order valence-electron chi connectivity index (χ2n) is 6.66. The molecule has 1 atom stereocenters. The van der Waals surface area contributed by atoms with E-state index in [0.717, 1.165) is 19.5 Å². The fourth-order valence-corrected chi connectivity index (χ4v) is 5.08. The van der Waals surface area contributed by atoms with E-state index in [1.165, 1.54) is 32.1 Å². The molecule has 1 saturated heterocycles. The van der Waals surface area contributed by atoms with Gasteiger partial charge >= 0.3 is 0 Å². The van der Waals surface area contributed by atoms with Gasteiger partial charge in [-0.25, -0.2) is 8.42 Å². The Morgan fingerprint density at radius 2 is 1.90 bits per heavy atom. The standard InChI is InChI=1S/C15H30N2O2S/c1-3-10-20(18,19)11-9-17-12-14(2)16-13-15(17)7-5-4-6-8-15/h14,16H,3-13H2,1-2H3. The van der Waals surface area contributed by atoms with Gasteiger partial charge in [0.1, 0.15) is 0 Å². The van der Waals surface area contributed by atoms with Gasteiger partial charge in [-0.15, -0.1) is 0 Å². The van der Waals surface area contributed by atoms with Crippen molar-refractivity contribution in [3.63, 3.8) is 0 Å². The molecule has 0 amide bonds. The van der Waals surface area contributed by atoms with E-state index in [1.807, 2.05) is 6.92 Å². The van der Waals surface area contributed by atoms with Crippen LogP contribution >= 0.6 is 0 Å². The summed E-state index contributed by atoms with van der Waals surface area (Å²) in [7, 11) is -2.87. The van der Waals surface area contributed by atoms with Gasteiger partial charge in [0.25, 0.3) is 0 Å². The van der Waals surface area contributed by atoms with Gasteiger partial charge in [0, 0.05) is 37.0 Å². The summed E-state index contributed by atoms with van der Waals surface area (Å²) >= 11 is 0. The van der Waals surface area contributed by atoms with Crippen LogP contribution in [0.2, 0.25) is 0 Å². The van der Waals surface area contributed by atoms with Gasteiger partial charge in [0.2, 0.25) is 0 Å². The van der Waals surface area contributed by atoms with E-state index in [2.05, 4.69) is 17.1 Å². The Labute approximate surface area is 124 Å². The number of piperazine rings is 1. The van der Waals surface area contributed by atoms with Crippen LogP contribution < -0.4 is 5.32 Å². The molecule has 1 N–H and O–H groups in total. The number of nitrogens with zero attached hydrogens (tertiary/aromatic N) is 1. The highest BCUT2D eigenvalue weighted by Gasteiger charge is 2.41. The van der Waals surface area contributed by atoms with Crippen LogP contribution in [0.15, 0.2) is 0 Å². The van der Waals surface area contributed by atoms with E-state index in [1.54, 1.807) is 0 Å². The van der Waals surface area contributed by atoms with Crippen molar-refractivity contribution >= 4 is 9.84 Å². The Morgan fingerprint density at radius 1 is 1.20 bits per heavy atom. The summed E-state index contributed by atoms with van der Waals surface area (Å²) < 4.78 is 24.0. The van der Waals surface area contributed by atoms with Gasteiger partial charge in [-0.1, -0.05) is 26.2 Å². The molecule has 20 heavy (non-hydrogen) atoms. The number of sulfone groups is 1. The molecule has 1 unspecified atom stereocenters. The molecular formula is C15H30N2O2S. The Balaban J connectivity index is 2.01. The topological polar surface area (TPSA) is 49.4 Å². The van der Waals surface area contributed by atoms with Gasteiger partial charge in [-0.2, -0.15) is 0 Å². The van der Waals surface area contributed by atoms with Crippen molar-refractivity contribution in [3.8, 4) is 0 Å². The van der Waals surface area contributed by atoms with Crippen molar-refractivity contribution in [3.05, 3.63) is 0 Å². The number of hydrogen-bond donors (Lipinski definition) is 1. The van der Waals surface area contributed by atoms with Crippen LogP contribution in [0, 0.1) is 0 Å². The summed E-state index contributed by atoms with van der Waals surface area (Å²) in [6, 6.07) is 0.469. The van der Waals surface area contributed by atoms with E-state index in [-0.39, 0.29) is 5.54 Å². The van der Waals surface area contributed by atoms with Crippen LogP contribution in [0.1, 0.15) is 52.4 Å². The van der Waals surface area contributed by atoms with Crippen molar-refractivity contribution in [2.45, 2.75) is 64.0 Å². The lowest BCUT2D eigenvalue weighted by atomic mass is 9.78. The highest BCUT2D eigenvalue weighted by Crippen LogP contribution is 2.35. The van der Waals surface area contributed by atoms with Gasteiger partial charge in [-0.3, -0.25) is 4.90 Å². The molecule has 0 aromatic heterocycles. The Hall–Kier alpha value is -0.130. The maximum Gasteiger partial charge on any atom is 0.151 e. The molecule has 1 aliphatic carbocycles. The summed E-state index contributed by atoms with van der Waals surface area (Å²) in [5.74, 6) is 0.664. The molecule has 0 aromatic rings. The van der Waals surface area contributed by atoms with Crippen LogP contribution in [0.3, 0.4) is 0 Å². The monoisotopic (exact) mass is 302 g/mol. The third-order valence-electron chi connectivity index (χ3n) is 4.92. The largest absolute Gasteiger partial charge is 0.311 e. The van der Waals surface area contributed by atoms with E-state index in [9.17, 15) is 8.42 Å². The molecule has 4 nitrogen and oxygen atoms in total. The fraction of sp³-hybridized carbons (Fsp3) is 1.00. The Bertz CT molecular complexity index is 402. The quantitative estimate of drug-likeness (QED) is 0.841. The molecule has 1 saturated carbocycles. The average Bonchev–Trinajstić information content (AvgIpc) is 2.41. The maximum atomic E-state index is 12.0. The molecule has 1 aliphatic heterocycles. The minimum Gasteiger partial charge on any atom is -0.311 e. The summed E-state index contributed by atoms with van der Waals surface area (Å²) in [6.07, 6.45) is 7.08. The molecule has 118 valence electrons. The smallest absolute Gasteiger partial charge is 0.151 e. The normalized spacial score (nSPS) is 27.8. The van der Waals surface area contributed by atoms with Crippen molar-refractivity contribution in [2.24, 2.45) is 0 Å². The number of hydrogen-bond acceptors (Lipinski definition) is 4. The van der Waals surface area contributed by atoms with Gasteiger partial charge in [-0.05, 0) is 26.2 Å². The fourth-order valence-electron chi connectivity index (χ4n) is 3.76. The first kappa shape index (κ1) is 16.2. The molecule has 1 spiro atoms. The first-order chi connectivity index (χ1) is 9.47. The zero-order chi connectivity index (χ0) is 14.6. The molecule has 2 fully saturated rings. The predicted octanol–water partition coefficient (Wildman–Crippen LogP) is 1.81. The van der Waals surface area contributed by atoms with E-state index in [0.29, 0.717) is 24.1 Å². The van der Waals surface area contributed by atoms with Crippen molar-refractivity contribution in [1.29, 1.82) is 0 Å². The minimum atomic E-state index is -2.87. The van der Waals surface area contributed by atoms with E-state index < -0.39 is 9.84 Å². The molecule has 2 rings (SSSR count). The second kappa shape index (κ2) is 6.75. The average molecular weight is 302 g/mol. The molecule has 2 aliphatic rings. The Morgan fingerprint density at radius 3 is 2.55 bits per heavy atom. The molecule has 0 aromatic carbocycles. The third-order valence-corrected chi connectivity index (χ3v) is 6.75. The van der Waals surface area contributed by atoms with Crippen LogP contribution in [0.4, 0.5) is 0 Å². The third kappa shape index (κ3) is 3.95. The summed E-state index contributed by atoms with van der Waals surface area (Å²) in [6.45, 7) is 6.87. The van der Waals surface area contributed by atoms with E-state index in [4.69, 9.17) is 0 Å². The first-order valence-electron chi connectivity index (χ1n) is 8.16. The molecule has 5 heteroatoms. The number of nitrogens with one attached hydrogen (secondary N) is 1. The van der Waals surface area contributed by atoms with Gasteiger partial charge < -0.3 is 5.32 Å². The zero-order valence-electron chi connectivity index (χ0n) is 13.0. The van der Waals surface area contributed by atoms with Gasteiger partial charge in [0.05, 0.1) is 5.75 Å². The molecular weight excluding hydrogens is 272 g/mol. The number of rotatable bonds is 5. The van der Waals surface area contributed by atoms with Crippen LogP contribution in [0.5, 0.6) is 0 Å². The molecule has 0 radical (unpaired) electrons. The first-order valence-corrected chi connectivity index (χ1v) is 9.98. The second-order valence-corrected chi connectivity index (χ2v) is 8.97. The lowest BCUT2D eigenvalue weighted by Crippen LogP contribution is -2.65. The highest BCUT2D eigenvalue weighted by molar-refractivity contribution is 7.91. The Kier molecular flexibility index (Phi) is 5.49. The van der Waals surface area contributed by atoms with Crippen molar-refractivity contribution in [2.75, 3.05) is 31.1 Å². The predicted molar refractivity (Wildman–Crippen MR) is 83.8 cm³/mol.